The van der Waals surface area contributed by atoms with E-state index in [0.717, 1.165) is 11.8 Å². The van der Waals surface area contributed by atoms with Gasteiger partial charge in [0.2, 0.25) is 0 Å². The van der Waals surface area contributed by atoms with Gasteiger partial charge in [0.1, 0.15) is 0 Å². The first-order valence-corrected chi connectivity index (χ1v) is 5.22. The Kier molecular flexibility index (Phi) is 1.66. The molecular formula is C12H15N. The standard InChI is InChI=1S/C12H15N/c1-2-4-9(5-3-1)12-7-10-6-11(10)8-13-12/h1-5,10-13H,6-8H2. The lowest BCUT2D eigenvalue weighted by Crippen LogP contribution is -2.28. The number of rotatable bonds is 1. The molecule has 1 saturated heterocycles. The second-order valence-electron chi connectivity index (χ2n) is 4.36. The zero-order chi connectivity index (χ0) is 8.67. The lowest BCUT2D eigenvalue weighted by molar-refractivity contribution is 0.395. The average Bonchev–Trinajstić information content (AvgIpc) is 2.96. The molecule has 1 nitrogen and oxygen atoms in total. The Morgan fingerprint density at radius 3 is 2.62 bits per heavy atom. The van der Waals surface area contributed by atoms with Crippen molar-refractivity contribution in [1.82, 2.24) is 5.32 Å². The second kappa shape index (κ2) is 2.85. The van der Waals surface area contributed by atoms with Crippen molar-refractivity contribution in [2.45, 2.75) is 18.9 Å². The molecule has 1 aromatic carbocycles. The molecule has 0 amide bonds. The van der Waals surface area contributed by atoms with Crippen LogP contribution in [0, 0.1) is 11.8 Å². The van der Waals surface area contributed by atoms with E-state index in [0.29, 0.717) is 6.04 Å². The summed E-state index contributed by atoms with van der Waals surface area (Å²) in [4.78, 5) is 0. The number of hydrogen-bond donors (Lipinski definition) is 1. The third-order valence-corrected chi connectivity index (χ3v) is 3.44. The van der Waals surface area contributed by atoms with Crippen molar-refractivity contribution in [2.24, 2.45) is 11.8 Å². The summed E-state index contributed by atoms with van der Waals surface area (Å²) in [6.07, 6.45) is 2.82. The number of benzene rings is 1. The van der Waals surface area contributed by atoms with Gasteiger partial charge in [-0.1, -0.05) is 30.3 Å². The van der Waals surface area contributed by atoms with Gasteiger partial charge in [-0.05, 0) is 36.8 Å². The molecule has 2 aliphatic rings. The molecule has 1 heterocycles. The number of piperidine rings is 1. The summed E-state index contributed by atoms with van der Waals surface area (Å²) in [6.45, 7) is 1.24. The normalized spacial score (nSPS) is 36.8. The van der Waals surface area contributed by atoms with Crippen LogP contribution in [0.2, 0.25) is 0 Å². The van der Waals surface area contributed by atoms with E-state index in [2.05, 4.69) is 35.6 Å². The lowest BCUT2D eigenvalue weighted by Gasteiger charge is -2.23. The molecule has 0 bridgehead atoms. The first kappa shape index (κ1) is 7.57. The quantitative estimate of drug-likeness (QED) is 0.687. The number of fused-ring (bicyclic) bond motifs is 1. The molecule has 1 aliphatic carbocycles. The minimum atomic E-state index is 0.630. The molecule has 68 valence electrons. The third kappa shape index (κ3) is 1.37. The van der Waals surface area contributed by atoms with Crippen LogP contribution in [0.3, 0.4) is 0 Å². The summed E-state index contributed by atoms with van der Waals surface area (Å²) in [6, 6.07) is 11.5. The van der Waals surface area contributed by atoms with Crippen molar-refractivity contribution in [2.75, 3.05) is 6.54 Å². The van der Waals surface area contributed by atoms with Crippen LogP contribution < -0.4 is 5.32 Å². The van der Waals surface area contributed by atoms with Crippen molar-refractivity contribution >= 4 is 0 Å². The van der Waals surface area contributed by atoms with Gasteiger partial charge in [-0.25, -0.2) is 0 Å². The summed E-state index contributed by atoms with van der Waals surface area (Å²) < 4.78 is 0. The summed E-state index contributed by atoms with van der Waals surface area (Å²) in [5.74, 6) is 2.05. The summed E-state index contributed by atoms with van der Waals surface area (Å²) in [7, 11) is 0. The predicted octanol–water partition coefficient (Wildman–Crippen LogP) is 2.36. The molecule has 1 aromatic rings. The molecule has 13 heavy (non-hydrogen) atoms. The van der Waals surface area contributed by atoms with E-state index >= 15 is 0 Å². The first-order valence-electron chi connectivity index (χ1n) is 5.22. The van der Waals surface area contributed by atoms with Gasteiger partial charge in [0.05, 0.1) is 0 Å². The Morgan fingerprint density at radius 1 is 1.00 bits per heavy atom. The number of hydrogen-bond acceptors (Lipinski definition) is 1. The van der Waals surface area contributed by atoms with E-state index < -0.39 is 0 Å². The fourth-order valence-electron chi connectivity index (χ4n) is 2.47. The van der Waals surface area contributed by atoms with Crippen LogP contribution in [0.1, 0.15) is 24.4 Å². The Morgan fingerprint density at radius 2 is 1.85 bits per heavy atom. The Hall–Kier alpha value is -0.820. The highest BCUT2D eigenvalue weighted by atomic mass is 15.0. The van der Waals surface area contributed by atoms with Gasteiger partial charge < -0.3 is 5.32 Å². The van der Waals surface area contributed by atoms with Crippen LogP contribution in [0.15, 0.2) is 30.3 Å². The van der Waals surface area contributed by atoms with Crippen LogP contribution in [0.5, 0.6) is 0 Å². The monoisotopic (exact) mass is 173 g/mol. The predicted molar refractivity (Wildman–Crippen MR) is 53.4 cm³/mol. The minimum absolute atomic E-state index is 0.630. The van der Waals surface area contributed by atoms with E-state index in [-0.39, 0.29) is 0 Å². The summed E-state index contributed by atoms with van der Waals surface area (Å²) >= 11 is 0. The van der Waals surface area contributed by atoms with E-state index in [1.54, 1.807) is 0 Å². The molecule has 1 saturated carbocycles. The minimum Gasteiger partial charge on any atom is -0.310 e. The third-order valence-electron chi connectivity index (χ3n) is 3.44. The SMILES string of the molecule is c1ccc(C2CC3CC3CN2)cc1. The smallest absolute Gasteiger partial charge is 0.0323 e. The molecule has 3 rings (SSSR count). The van der Waals surface area contributed by atoms with E-state index in [4.69, 9.17) is 0 Å². The molecule has 3 atom stereocenters. The van der Waals surface area contributed by atoms with Crippen molar-refractivity contribution < 1.29 is 0 Å². The largest absolute Gasteiger partial charge is 0.310 e. The first-order chi connectivity index (χ1) is 6.43. The van der Waals surface area contributed by atoms with Crippen molar-refractivity contribution in [3.63, 3.8) is 0 Å². The van der Waals surface area contributed by atoms with Gasteiger partial charge in [-0.2, -0.15) is 0 Å². The Balaban J connectivity index is 1.78. The molecule has 1 N–H and O–H groups in total. The van der Waals surface area contributed by atoms with Crippen LogP contribution in [-0.4, -0.2) is 6.54 Å². The van der Waals surface area contributed by atoms with Crippen LogP contribution in [-0.2, 0) is 0 Å². The fraction of sp³-hybridized carbons (Fsp3) is 0.500. The molecule has 1 aliphatic heterocycles. The molecular weight excluding hydrogens is 158 g/mol. The highest BCUT2D eigenvalue weighted by molar-refractivity contribution is 5.20. The molecule has 2 fully saturated rings. The summed E-state index contributed by atoms with van der Waals surface area (Å²) in [5.41, 5.74) is 1.47. The Labute approximate surface area is 79.2 Å². The molecule has 0 radical (unpaired) electrons. The topological polar surface area (TPSA) is 12.0 Å². The average molecular weight is 173 g/mol. The maximum Gasteiger partial charge on any atom is 0.0323 e. The molecule has 0 aromatic heterocycles. The van der Waals surface area contributed by atoms with Gasteiger partial charge in [-0.15, -0.1) is 0 Å². The Bertz CT molecular complexity index is 293. The van der Waals surface area contributed by atoms with Gasteiger partial charge in [-0.3, -0.25) is 0 Å². The molecule has 0 spiro atoms. The van der Waals surface area contributed by atoms with Crippen LogP contribution >= 0.6 is 0 Å². The number of nitrogens with one attached hydrogen (secondary N) is 1. The second-order valence-corrected chi connectivity index (χ2v) is 4.36. The van der Waals surface area contributed by atoms with Gasteiger partial charge in [0.25, 0.3) is 0 Å². The van der Waals surface area contributed by atoms with Crippen LogP contribution in [0.4, 0.5) is 0 Å². The van der Waals surface area contributed by atoms with E-state index in [1.807, 2.05) is 0 Å². The molecule has 3 unspecified atom stereocenters. The zero-order valence-corrected chi connectivity index (χ0v) is 7.74. The maximum absolute atomic E-state index is 3.63. The highest BCUT2D eigenvalue weighted by Crippen LogP contribution is 2.47. The van der Waals surface area contributed by atoms with E-state index in [9.17, 15) is 0 Å². The van der Waals surface area contributed by atoms with Crippen molar-refractivity contribution in [1.29, 1.82) is 0 Å². The van der Waals surface area contributed by atoms with Crippen LogP contribution in [0.25, 0.3) is 0 Å². The van der Waals surface area contributed by atoms with Gasteiger partial charge in [0, 0.05) is 6.04 Å². The van der Waals surface area contributed by atoms with E-state index in [1.165, 1.54) is 24.9 Å². The zero-order valence-electron chi connectivity index (χ0n) is 7.74. The fourth-order valence-corrected chi connectivity index (χ4v) is 2.47. The van der Waals surface area contributed by atoms with Crippen molar-refractivity contribution in [3.8, 4) is 0 Å². The molecule has 1 heteroatoms. The van der Waals surface area contributed by atoms with Gasteiger partial charge >= 0.3 is 0 Å². The maximum atomic E-state index is 3.63. The lowest BCUT2D eigenvalue weighted by atomic mass is 9.97. The van der Waals surface area contributed by atoms with Crippen molar-refractivity contribution in [3.05, 3.63) is 35.9 Å². The highest BCUT2D eigenvalue weighted by Gasteiger charge is 2.42. The van der Waals surface area contributed by atoms with Gasteiger partial charge in [0.15, 0.2) is 0 Å². The summed E-state index contributed by atoms with van der Waals surface area (Å²) in [5, 5.41) is 3.63.